The Hall–Kier alpha value is -2.14. The highest BCUT2D eigenvalue weighted by atomic mass is 19.1. The van der Waals surface area contributed by atoms with E-state index in [0.29, 0.717) is 35.7 Å². The SMILES string of the molecule is NCCc1ncc(-c2cc3c(F)cccc3[nH]2)o1. The van der Waals surface area contributed by atoms with E-state index < -0.39 is 0 Å². The number of oxazole rings is 1. The molecule has 0 unspecified atom stereocenters. The second-order valence-corrected chi connectivity index (χ2v) is 4.04. The van der Waals surface area contributed by atoms with Crippen molar-refractivity contribution >= 4 is 10.9 Å². The maximum absolute atomic E-state index is 13.6. The number of nitrogens with one attached hydrogen (secondary N) is 1. The van der Waals surface area contributed by atoms with Gasteiger partial charge in [-0.1, -0.05) is 6.07 Å². The lowest BCUT2D eigenvalue weighted by atomic mass is 10.2. The van der Waals surface area contributed by atoms with Gasteiger partial charge in [-0.2, -0.15) is 0 Å². The van der Waals surface area contributed by atoms with Crippen LogP contribution in [0.4, 0.5) is 4.39 Å². The van der Waals surface area contributed by atoms with Crippen molar-refractivity contribution in [2.24, 2.45) is 5.73 Å². The summed E-state index contributed by atoms with van der Waals surface area (Å²) < 4.78 is 19.1. The summed E-state index contributed by atoms with van der Waals surface area (Å²) in [5.41, 5.74) is 6.88. The minimum Gasteiger partial charge on any atom is -0.439 e. The first kappa shape index (κ1) is 11.0. The summed E-state index contributed by atoms with van der Waals surface area (Å²) in [6.07, 6.45) is 2.21. The van der Waals surface area contributed by atoms with Crippen molar-refractivity contribution in [2.45, 2.75) is 6.42 Å². The van der Waals surface area contributed by atoms with E-state index in [0.717, 1.165) is 5.52 Å². The highest BCUT2D eigenvalue weighted by Crippen LogP contribution is 2.26. The van der Waals surface area contributed by atoms with Crippen LogP contribution in [-0.4, -0.2) is 16.5 Å². The van der Waals surface area contributed by atoms with E-state index in [1.807, 2.05) is 6.07 Å². The van der Waals surface area contributed by atoms with Gasteiger partial charge in [0.25, 0.3) is 0 Å². The number of halogens is 1. The maximum atomic E-state index is 13.6. The maximum Gasteiger partial charge on any atom is 0.196 e. The first-order valence-corrected chi connectivity index (χ1v) is 5.70. The van der Waals surface area contributed by atoms with Crippen LogP contribution in [0.15, 0.2) is 34.9 Å². The van der Waals surface area contributed by atoms with E-state index in [1.165, 1.54) is 6.07 Å². The fourth-order valence-electron chi connectivity index (χ4n) is 1.92. The molecule has 0 saturated heterocycles. The Kier molecular flexibility index (Phi) is 2.60. The zero-order chi connectivity index (χ0) is 12.5. The van der Waals surface area contributed by atoms with Crippen molar-refractivity contribution in [3.05, 3.63) is 42.2 Å². The van der Waals surface area contributed by atoms with Crippen molar-refractivity contribution in [1.29, 1.82) is 0 Å². The lowest BCUT2D eigenvalue weighted by molar-refractivity contribution is 0.507. The van der Waals surface area contributed by atoms with Gasteiger partial charge in [0.15, 0.2) is 11.7 Å². The van der Waals surface area contributed by atoms with Gasteiger partial charge in [-0.05, 0) is 18.2 Å². The van der Waals surface area contributed by atoms with Crippen molar-refractivity contribution in [3.8, 4) is 11.5 Å². The fraction of sp³-hybridized carbons (Fsp3) is 0.154. The molecule has 0 aliphatic rings. The number of hydrogen-bond acceptors (Lipinski definition) is 3. The summed E-state index contributed by atoms with van der Waals surface area (Å²) in [4.78, 5) is 7.22. The van der Waals surface area contributed by atoms with Crippen LogP contribution in [0.2, 0.25) is 0 Å². The molecule has 2 heterocycles. The van der Waals surface area contributed by atoms with Gasteiger partial charge < -0.3 is 15.1 Å². The van der Waals surface area contributed by atoms with Crippen LogP contribution < -0.4 is 5.73 Å². The van der Waals surface area contributed by atoms with Crippen LogP contribution in [-0.2, 0) is 6.42 Å². The van der Waals surface area contributed by atoms with E-state index in [2.05, 4.69) is 9.97 Å². The summed E-state index contributed by atoms with van der Waals surface area (Å²) in [5, 5.41) is 0.546. The van der Waals surface area contributed by atoms with Gasteiger partial charge in [0, 0.05) is 23.9 Å². The summed E-state index contributed by atoms with van der Waals surface area (Å²) in [6.45, 7) is 0.487. The summed E-state index contributed by atoms with van der Waals surface area (Å²) in [6, 6.07) is 6.63. The molecule has 0 aliphatic heterocycles. The van der Waals surface area contributed by atoms with Gasteiger partial charge in [0.05, 0.1) is 11.9 Å². The van der Waals surface area contributed by atoms with E-state index in [9.17, 15) is 4.39 Å². The van der Waals surface area contributed by atoms with Crippen LogP contribution in [0.25, 0.3) is 22.4 Å². The van der Waals surface area contributed by atoms with Crippen LogP contribution in [0.3, 0.4) is 0 Å². The number of nitrogens with two attached hydrogens (primary N) is 1. The Labute approximate surface area is 103 Å². The molecule has 0 spiro atoms. The molecule has 0 atom stereocenters. The summed E-state index contributed by atoms with van der Waals surface area (Å²) in [5.74, 6) is 0.928. The molecule has 3 N–H and O–H groups in total. The third-order valence-electron chi connectivity index (χ3n) is 2.79. The Bertz CT molecular complexity index is 686. The minimum absolute atomic E-state index is 0.253. The highest BCUT2D eigenvalue weighted by molar-refractivity contribution is 5.85. The predicted molar refractivity (Wildman–Crippen MR) is 66.5 cm³/mol. The predicted octanol–water partition coefficient (Wildman–Crippen LogP) is 2.46. The zero-order valence-electron chi connectivity index (χ0n) is 9.61. The van der Waals surface area contributed by atoms with E-state index in [-0.39, 0.29) is 5.82 Å². The number of benzene rings is 1. The third kappa shape index (κ3) is 1.78. The molecule has 0 amide bonds. The lowest BCUT2D eigenvalue weighted by Gasteiger charge is -1.90. The molecular weight excluding hydrogens is 233 g/mol. The molecule has 0 bridgehead atoms. The van der Waals surface area contributed by atoms with Gasteiger partial charge in [0.1, 0.15) is 5.82 Å². The van der Waals surface area contributed by atoms with Crippen LogP contribution >= 0.6 is 0 Å². The van der Waals surface area contributed by atoms with Gasteiger partial charge in [-0.25, -0.2) is 9.37 Å². The molecule has 18 heavy (non-hydrogen) atoms. The van der Waals surface area contributed by atoms with Crippen LogP contribution in [0.1, 0.15) is 5.89 Å². The number of nitrogens with zero attached hydrogens (tertiary/aromatic N) is 1. The topological polar surface area (TPSA) is 67.8 Å². The molecule has 0 radical (unpaired) electrons. The molecule has 0 aliphatic carbocycles. The summed E-state index contributed by atoms with van der Waals surface area (Å²) >= 11 is 0. The molecule has 0 fully saturated rings. The number of fused-ring (bicyclic) bond motifs is 1. The van der Waals surface area contributed by atoms with Gasteiger partial charge in [-0.3, -0.25) is 0 Å². The summed E-state index contributed by atoms with van der Waals surface area (Å²) in [7, 11) is 0. The highest BCUT2D eigenvalue weighted by Gasteiger charge is 2.10. The van der Waals surface area contributed by atoms with Crippen molar-refractivity contribution in [2.75, 3.05) is 6.54 Å². The number of aromatic nitrogens is 2. The Balaban J connectivity index is 2.05. The molecular formula is C13H12FN3O. The molecule has 3 aromatic rings. The first-order chi connectivity index (χ1) is 8.78. The average molecular weight is 245 g/mol. The normalized spacial score (nSPS) is 11.2. The Morgan fingerprint density at radius 3 is 3.06 bits per heavy atom. The fourth-order valence-corrected chi connectivity index (χ4v) is 1.92. The van der Waals surface area contributed by atoms with Crippen LogP contribution in [0, 0.1) is 5.82 Å². The number of hydrogen-bond donors (Lipinski definition) is 2. The second kappa shape index (κ2) is 4.27. The molecule has 3 rings (SSSR count). The van der Waals surface area contributed by atoms with Gasteiger partial charge in [-0.15, -0.1) is 0 Å². The van der Waals surface area contributed by atoms with E-state index in [1.54, 1.807) is 18.3 Å². The van der Waals surface area contributed by atoms with Crippen LogP contribution in [0.5, 0.6) is 0 Å². The van der Waals surface area contributed by atoms with Crippen molar-refractivity contribution < 1.29 is 8.81 Å². The largest absolute Gasteiger partial charge is 0.439 e. The Morgan fingerprint density at radius 2 is 2.28 bits per heavy atom. The minimum atomic E-state index is -0.253. The number of rotatable bonds is 3. The molecule has 2 aromatic heterocycles. The zero-order valence-corrected chi connectivity index (χ0v) is 9.61. The average Bonchev–Trinajstić information content (AvgIpc) is 2.96. The van der Waals surface area contributed by atoms with E-state index >= 15 is 0 Å². The molecule has 92 valence electrons. The van der Waals surface area contributed by atoms with E-state index in [4.69, 9.17) is 10.2 Å². The molecule has 0 saturated carbocycles. The molecule has 1 aromatic carbocycles. The number of aromatic amines is 1. The third-order valence-corrected chi connectivity index (χ3v) is 2.79. The monoisotopic (exact) mass is 245 g/mol. The number of H-pyrrole nitrogens is 1. The molecule has 4 nitrogen and oxygen atoms in total. The molecule has 5 heteroatoms. The van der Waals surface area contributed by atoms with Crippen molar-refractivity contribution in [3.63, 3.8) is 0 Å². The van der Waals surface area contributed by atoms with Crippen molar-refractivity contribution in [1.82, 2.24) is 9.97 Å². The standard InChI is InChI=1S/C13H12FN3O/c14-9-2-1-3-10-8(9)6-11(17-10)12-7-16-13(18-12)4-5-15/h1-3,6-7,17H,4-5,15H2. The first-order valence-electron chi connectivity index (χ1n) is 5.70. The second-order valence-electron chi connectivity index (χ2n) is 4.04. The quantitative estimate of drug-likeness (QED) is 0.744. The smallest absolute Gasteiger partial charge is 0.196 e. The van der Waals surface area contributed by atoms with Gasteiger partial charge in [0.2, 0.25) is 0 Å². The van der Waals surface area contributed by atoms with Gasteiger partial charge >= 0.3 is 0 Å². The lowest BCUT2D eigenvalue weighted by Crippen LogP contribution is -2.02. The Morgan fingerprint density at radius 1 is 1.39 bits per heavy atom.